The van der Waals surface area contributed by atoms with E-state index in [1.165, 1.54) is 13.4 Å². The summed E-state index contributed by atoms with van der Waals surface area (Å²) in [4.78, 5) is 11.4. The van der Waals surface area contributed by atoms with Crippen molar-refractivity contribution in [3.05, 3.63) is 43.3 Å². The number of ketones is 1. The normalized spacial score (nSPS) is 19.9. The first-order valence-corrected chi connectivity index (χ1v) is 6.66. The standard InChI is InChI=1S/C7H7O.C5H4Br.Fe/c1-6(8)7-4-2-3-5-7;6-5-3-1-2-4-5;/h2,4H,3H2,1H3;1,3H,2H2;. The van der Waals surface area contributed by atoms with Crippen molar-refractivity contribution in [2.45, 2.75) is 19.8 Å². The second kappa shape index (κ2) is 4.65. The molecule has 2 aliphatic carbocycles. The second-order valence-corrected chi connectivity index (χ2v) is 5.86. The van der Waals surface area contributed by atoms with E-state index in [4.69, 9.17) is 0 Å². The molecule has 0 radical (unpaired) electrons. The number of rotatable bonds is 3. The average molecular weight is 307 g/mol. The van der Waals surface area contributed by atoms with Crippen LogP contribution in [0, 0.1) is 0 Å². The van der Waals surface area contributed by atoms with Crippen LogP contribution in [0.4, 0.5) is 0 Å². The fourth-order valence-corrected chi connectivity index (χ4v) is 3.70. The van der Waals surface area contributed by atoms with Crippen molar-refractivity contribution in [1.82, 2.24) is 0 Å². The van der Waals surface area contributed by atoms with Crippen LogP contribution in [0.15, 0.2) is 43.3 Å². The molecular formula is C12H11BrFeO. The Morgan fingerprint density at radius 1 is 1.27 bits per heavy atom. The summed E-state index contributed by atoms with van der Waals surface area (Å²) in [6, 6.07) is 0. The zero-order chi connectivity index (χ0) is 10.8. The third-order valence-electron chi connectivity index (χ3n) is 2.26. The third-order valence-corrected chi connectivity index (χ3v) is 5.07. The molecule has 0 N–H and O–H groups in total. The summed E-state index contributed by atoms with van der Waals surface area (Å²) in [6.07, 6.45) is 10.2. The predicted octanol–water partition coefficient (Wildman–Crippen LogP) is 3.44. The van der Waals surface area contributed by atoms with Crippen molar-refractivity contribution in [2.75, 3.05) is 0 Å². The van der Waals surface area contributed by atoms with Crippen LogP contribution in [-0.4, -0.2) is 5.78 Å². The van der Waals surface area contributed by atoms with Gasteiger partial charge in [-0.2, -0.15) is 0 Å². The van der Waals surface area contributed by atoms with Gasteiger partial charge in [-0.15, -0.1) is 0 Å². The number of halogens is 1. The van der Waals surface area contributed by atoms with E-state index in [9.17, 15) is 4.79 Å². The van der Waals surface area contributed by atoms with Gasteiger partial charge in [-0.1, -0.05) is 0 Å². The van der Waals surface area contributed by atoms with Crippen molar-refractivity contribution >= 4 is 21.7 Å². The summed E-state index contributed by atoms with van der Waals surface area (Å²) < 4.78 is 3.83. The van der Waals surface area contributed by atoms with Crippen molar-refractivity contribution in [1.29, 1.82) is 0 Å². The fraction of sp³-hybridized carbons (Fsp3) is 0.250. The molecule has 0 bridgehead atoms. The zero-order valence-corrected chi connectivity index (χ0v) is 11.1. The zero-order valence-electron chi connectivity index (χ0n) is 8.36. The van der Waals surface area contributed by atoms with Gasteiger partial charge < -0.3 is 0 Å². The molecule has 0 heterocycles. The Morgan fingerprint density at radius 2 is 1.93 bits per heavy atom. The molecule has 0 aromatic rings. The van der Waals surface area contributed by atoms with Gasteiger partial charge in [0.1, 0.15) is 0 Å². The number of carbonyl (C=O) groups excluding carboxylic acids is 1. The molecule has 80 valence electrons. The van der Waals surface area contributed by atoms with Gasteiger partial charge in [0, 0.05) is 0 Å². The Hall–Kier alpha value is -0.371. The molecule has 0 aliphatic heterocycles. The molecule has 2 rings (SSSR count). The Labute approximate surface area is 104 Å². The number of allylic oxidation sites excluding steroid dienone is 8. The van der Waals surface area contributed by atoms with Crippen LogP contribution in [0.25, 0.3) is 0 Å². The fourth-order valence-electron chi connectivity index (χ4n) is 1.52. The summed E-state index contributed by atoms with van der Waals surface area (Å²) in [7, 11) is 0. The van der Waals surface area contributed by atoms with Gasteiger partial charge in [0.25, 0.3) is 0 Å². The minimum absolute atomic E-state index is 0.182. The van der Waals surface area contributed by atoms with Crippen LogP contribution < -0.4 is 0 Å². The van der Waals surface area contributed by atoms with E-state index in [1.807, 2.05) is 6.08 Å². The minimum atomic E-state index is 0.182. The van der Waals surface area contributed by atoms with Crippen LogP contribution >= 0.6 is 15.9 Å². The maximum atomic E-state index is 11.4. The van der Waals surface area contributed by atoms with Gasteiger partial charge in [-0.05, 0) is 0 Å². The molecule has 15 heavy (non-hydrogen) atoms. The number of Topliss-reactive ketones (excluding diaryl/α,β-unsaturated/α-hetero) is 1. The molecule has 0 fully saturated rings. The van der Waals surface area contributed by atoms with Crippen LogP contribution in [0.3, 0.4) is 0 Å². The topological polar surface area (TPSA) is 17.1 Å². The summed E-state index contributed by atoms with van der Waals surface area (Å²) in [5.74, 6) is 0.182. The van der Waals surface area contributed by atoms with Crippen LogP contribution in [-0.2, 0) is 19.8 Å². The van der Waals surface area contributed by atoms with E-state index >= 15 is 0 Å². The molecule has 0 aromatic heterocycles. The van der Waals surface area contributed by atoms with Gasteiger partial charge in [-0.3, -0.25) is 0 Å². The summed E-state index contributed by atoms with van der Waals surface area (Å²) in [5, 5.41) is 0. The van der Waals surface area contributed by atoms with Gasteiger partial charge in [0.05, 0.1) is 0 Å². The molecular weight excluding hydrogens is 296 g/mol. The summed E-state index contributed by atoms with van der Waals surface area (Å²) in [6.45, 7) is 1.64. The monoisotopic (exact) mass is 306 g/mol. The number of carbonyl (C=O) groups is 1. The molecule has 0 saturated heterocycles. The Kier molecular flexibility index (Phi) is 3.45. The molecule has 0 unspecified atom stereocenters. The molecule has 3 heteroatoms. The SMILES string of the molecule is CC(=O)C1=[C]([Fe][C]2=C(Br)C=CC2)CC=C1. The van der Waals surface area contributed by atoms with E-state index in [0.717, 1.165) is 33.4 Å². The Bertz CT molecular complexity index is 427. The quantitative estimate of drug-likeness (QED) is 0.730. The second-order valence-electron chi connectivity index (χ2n) is 3.40. The van der Waals surface area contributed by atoms with E-state index in [1.54, 1.807) is 6.92 Å². The molecule has 0 amide bonds. The van der Waals surface area contributed by atoms with Crippen LogP contribution in [0.5, 0.6) is 0 Å². The molecule has 0 atom stereocenters. The maximum absolute atomic E-state index is 11.4. The first kappa shape index (κ1) is 11.1. The van der Waals surface area contributed by atoms with Gasteiger partial charge in [-0.25, -0.2) is 0 Å². The first-order chi connectivity index (χ1) is 7.18. The summed E-state index contributed by atoms with van der Waals surface area (Å²) >= 11 is 4.46. The van der Waals surface area contributed by atoms with Crippen molar-refractivity contribution in [2.24, 2.45) is 0 Å². The van der Waals surface area contributed by atoms with Gasteiger partial charge in [0.15, 0.2) is 0 Å². The van der Waals surface area contributed by atoms with Crippen LogP contribution in [0.1, 0.15) is 19.8 Å². The molecule has 0 saturated carbocycles. The van der Waals surface area contributed by atoms with Crippen molar-refractivity contribution in [3.63, 3.8) is 0 Å². The number of hydrogen-bond donors (Lipinski definition) is 0. The van der Waals surface area contributed by atoms with Crippen molar-refractivity contribution < 1.29 is 19.8 Å². The molecule has 1 nitrogen and oxygen atoms in total. The Morgan fingerprint density at radius 3 is 2.53 bits per heavy atom. The predicted molar refractivity (Wildman–Crippen MR) is 61.2 cm³/mol. The molecule has 2 aliphatic rings. The van der Waals surface area contributed by atoms with Gasteiger partial charge in [0.2, 0.25) is 0 Å². The van der Waals surface area contributed by atoms with Crippen LogP contribution in [0.2, 0.25) is 0 Å². The Balaban J connectivity index is 2.17. The number of hydrogen-bond acceptors (Lipinski definition) is 1. The molecule has 0 aromatic carbocycles. The van der Waals surface area contributed by atoms with E-state index in [0.29, 0.717) is 0 Å². The summed E-state index contributed by atoms with van der Waals surface area (Å²) in [5.41, 5.74) is 0.912. The van der Waals surface area contributed by atoms with E-state index in [-0.39, 0.29) is 5.78 Å². The van der Waals surface area contributed by atoms with Gasteiger partial charge >= 0.3 is 105 Å². The average Bonchev–Trinajstić information content (AvgIpc) is 2.77. The van der Waals surface area contributed by atoms with E-state index in [2.05, 4.69) is 34.2 Å². The van der Waals surface area contributed by atoms with Crippen molar-refractivity contribution in [3.8, 4) is 0 Å². The third kappa shape index (κ3) is 2.41. The first-order valence-electron chi connectivity index (χ1n) is 4.76. The molecule has 0 spiro atoms. The van der Waals surface area contributed by atoms with E-state index < -0.39 is 0 Å².